The van der Waals surface area contributed by atoms with E-state index in [0.717, 1.165) is 12.5 Å². The van der Waals surface area contributed by atoms with Gasteiger partial charge >= 0.3 is 0 Å². The van der Waals surface area contributed by atoms with Gasteiger partial charge in [-0.25, -0.2) is 15.8 Å². The molecule has 0 saturated heterocycles. The number of nitrogen functional groups attached to an aromatic ring is 1. The quantitative estimate of drug-likeness (QED) is 0.497. The second-order valence-corrected chi connectivity index (χ2v) is 4.11. The second-order valence-electron chi connectivity index (χ2n) is 4.11. The van der Waals surface area contributed by atoms with Crippen molar-refractivity contribution in [3.63, 3.8) is 0 Å². The number of nitrogens with zero attached hydrogens (tertiary/aromatic N) is 2. The molecule has 1 aliphatic carbocycles. The number of nitrogens with two attached hydrogens (primary N) is 1. The van der Waals surface area contributed by atoms with Gasteiger partial charge in [0.2, 0.25) is 0 Å². The summed E-state index contributed by atoms with van der Waals surface area (Å²) >= 11 is 0. The fourth-order valence-electron chi connectivity index (χ4n) is 1.52. The number of hydrazine groups is 1. The van der Waals surface area contributed by atoms with Gasteiger partial charge in [0.15, 0.2) is 5.82 Å². The van der Waals surface area contributed by atoms with Crippen LogP contribution in [0, 0.1) is 11.8 Å². The van der Waals surface area contributed by atoms with Gasteiger partial charge in [0.1, 0.15) is 5.69 Å². The first kappa shape index (κ1) is 10.8. The molecule has 86 valence electrons. The van der Waals surface area contributed by atoms with Crippen LogP contribution < -0.4 is 16.6 Å². The van der Waals surface area contributed by atoms with Crippen LogP contribution in [0.25, 0.3) is 0 Å². The molecule has 0 radical (unpaired) electrons. The average Bonchev–Trinajstić information content (AvgIpc) is 3.02. The van der Waals surface area contributed by atoms with E-state index in [2.05, 4.69) is 27.6 Å². The number of anilines is 1. The molecule has 4 N–H and O–H groups in total. The number of carbonyl (C=O) groups is 1. The van der Waals surface area contributed by atoms with Crippen molar-refractivity contribution in [3.8, 4) is 0 Å². The van der Waals surface area contributed by atoms with Crippen molar-refractivity contribution < 1.29 is 4.79 Å². The van der Waals surface area contributed by atoms with E-state index in [1.807, 2.05) is 0 Å². The van der Waals surface area contributed by atoms with Crippen LogP contribution in [0.2, 0.25) is 0 Å². The predicted octanol–water partition coefficient (Wildman–Crippen LogP) is 0.148. The Hall–Kier alpha value is -1.69. The van der Waals surface area contributed by atoms with Crippen LogP contribution in [-0.4, -0.2) is 22.4 Å². The molecule has 1 aromatic heterocycles. The van der Waals surface area contributed by atoms with Crippen molar-refractivity contribution in [2.45, 2.75) is 13.3 Å². The number of rotatable bonds is 4. The number of hydrogen-bond donors (Lipinski definition) is 3. The Labute approximate surface area is 93.6 Å². The molecule has 1 heterocycles. The van der Waals surface area contributed by atoms with Crippen LogP contribution in [0.3, 0.4) is 0 Å². The molecule has 16 heavy (non-hydrogen) atoms. The smallest absolute Gasteiger partial charge is 0.271 e. The lowest BCUT2D eigenvalue weighted by atomic mass is 10.3. The molecule has 6 heteroatoms. The molecule has 2 unspecified atom stereocenters. The average molecular weight is 221 g/mol. The minimum atomic E-state index is -0.185. The molecule has 1 aliphatic rings. The highest BCUT2D eigenvalue weighted by Crippen LogP contribution is 2.36. The molecule has 6 nitrogen and oxygen atoms in total. The van der Waals surface area contributed by atoms with E-state index < -0.39 is 0 Å². The third-order valence-corrected chi connectivity index (χ3v) is 2.83. The van der Waals surface area contributed by atoms with Crippen LogP contribution in [-0.2, 0) is 0 Å². The summed E-state index contributed by atoms with van der Waals surface area (Å²) in [7, 11) is 0. The standard InChI is InChI=1S/C10H15N5O/c1-6-2-7(6)3-14-10(16)8-4-13-9(15-11)5-12-8/h4-7H,2-3,11H2,1H3,(H,13,15)(H,14,16). The zero-order valence-corrected chi connectivity index (χ0v) is 9.10. The molecule has 0 bridgehead atoms. The SMILES string of the molecule is CC1CC1CNC(=O)c1cnc(NN)cn1. The number of carbonyl (C=O) groups excluding carboxylic acids is 1. The first-order valence-corrected chi connectivity index (χ1v) is 5.27. The maximum Gasteiger partial charge on any atom is 0.271 e. The zero-order chi connectivity index (χ0) is 11.5. The molecule has 1 aromatic rings. The Balaban J connectivity index is 1.87. The molecule has 1 saturated carbocycles. The largest absolute Gasteiger partial charge is 0.350 e. The van der Waals surface area contributed by atoms with Gasteiger partial charge in [-0.2, -0.15) is 0 Å². The first-order valence-electron chi connectivity index (χ1n) is 5.27. The molecular weight excluding hydrogens is 206 g/mol. The van der Waals surface area contributed by atoms with Gasteiger partial charge in [-0.15, -0.1) is 0 Å². The van der Waals surface area contributed by atoms with Gasteiger partial charge in [0.25, 0.3) is 5.91 Å². The summed E-state index contributed by atoms with van der Waals surface area (Å²) in [6.07, 6.45) is 4.03. The Bertz CT molecular complexity index is 377. The van der Waals surface area contributed by atoms with Gasteiger partial charge in [-0.05, 0) is 18.3 Å². The number of hydrogen-bond acceptors (Lipinski definition) is 5. The van der Waals surface area contributed by atoms with Gasteiger partial charge in [-0.1, -0.05) is 6.92 Å². The maximum atomic E-state index is 11.6. The van der Waals surface area contributed by atoms with E-state index in [-0.39, 0.29) is 5.91 Å². The van der Waals surface area contributed by atoms with Crippen molar-refractivity contribution in [1.82, 2.24) is 15.3 Å². The Morgan fingerprint density at radius 1 is 1.56 bits per heavy atom. The minimum Gasteiger partial charge on any atom is -0.350 e. The van der Waals surface area contributed by atoms with E-state index in [0.29, 0.717) is 17.4 Å². The number of nitrogens with one attached hydrogen (secondary N) is 2. The fraction of sp³-hybridized carbons (Fsp3) is 0.500. The van der Waals surface area contributed by atoms with Crippen molar-refractivity contribution in [2.24, 2.45) is 17.7 Å². The highest BCUT2D eigenvalue weighted by molar-refractivity contribution is 5.92. The van der Waals surface area contributed by atoms with E-state index in [4.69, 9.17) is 5.84 Å². The summed E-state index contributed by atoms with van der Waals surface area (Å²) in [6.45, 7) is 2.90. The summed E-state index contributed by atoms with van der Waals surface area (Å²) in [4.78, 5) is 19.5. The lowest BCUT2D eigenvalue weighted by molar-refractivity contribution is 0.0946. The fourth-order valence-corrected chi connectivity index (χ4v) is 1.52. The first-order chi connectivity index (χ1) is 7.70. The molecule has 2 rings (SSSR count). The van der Waals surface area contributed by atoms with E-state index in [1.165, 1.54) is 18.8 Å². The molecule has 0 aromatic carbocycles. The predicted molar refractivity (Wildman–Crippen MR) is 59.4 cm³/mol. The molecule has 1 amide bonds. The van der Waals surface area contributed by atoms with Crippen LogP contribution >= 0.6 is 0 Å². The summed E-state index contributed by atoms with van der Waals surface area (Å²) in [5, 5.41) is 2.84. The lowest BCUT2D eigenvalue weighted by Crippen LogP contribution is -2.27. The third kappa shape index (κ3) is 2.46. The zero-order valence-electron chi connectivity index (χ0n) is 9.10. The molecule has 2 atom stereocenters. The molecule has 1 fully saturated rings. The molecule has 0 aliphatic heterocycles. The van der Waals surface area contributed by atoms with Crippen molar-refractivity contribution in [2.75, 3.05) is 12.0 Å². The van der Waals surface area contributed by atoms with Crippen molar-refractivity contribution >= 4 is 11.7 Å². The Kier molecular flexibility index (Phi) is 3.00. The monoisotopic (exact) mass is 221 g/mol. The highest BCUT2D eigenvalue weighted by Gasteiger charge is 2.32. The van der Waals surface area contributed by atoms with Gasteiger partial charge in [0.05, 0.1) is 12.4 Å². The van der Waals surface area contributed by atoms with Crippen molar-refractivity contribution in [1.29, 1.82) is 0 Å². The number of amides is 1. The minimum absolute atomic E-state index is 0.185. The van der Waals surface area contributed by atoms with E-state index in [9.17, 15) is 4.79 Å². The van der Waals surface area contributed by atoms with Crippen LogP contribution in [0.1, 0.15) is 23.8 Å². The molecule has 0 spiro atoms. The van der Waals surface area contributed by atoms with E-state index in [1.54, 1.807) is 0 Å². The Morgan fingerprint density at radius 3 is 2.81 bits per heavy atom. The van der Waals surface area contributed by atoms with Gasteiger partial charge < -0.3 is 10.7 Å². The summed E-state index contributed by atoms with van der Waals surface area (Å²) in [6, 6.07) is 0. The van der Waals surface area contributed by atoms with Crippen LogP contribution in [0.5, 0.6) is 0 Å². The topological polar surface area (TPSA) is 92.9 Å². The highest BCUT2D eigenvalue weighted by atomic mass is 16.1. The van der Waals surface area contributed by atoms with Crippen molar-refractivity contribution in [3.05, 3.63) is 18.1 Å². The summed E-state index contributed by atoms with van der Waals surface area (Å²) in [5.74, 6) is 6.76. The second kappa shape index (κ2) is 4.44. The normalized spacial score (nSPS) is 22.6. The Morgan fingerprint density at radius 2 is 2.31 bits per heavy atom. The summed E-state index contributed by atoms with van der Waals surface area (Å²) in [5.41, 5.74) is 2.67. The summed E-state index contributed by atoms with van der Waals surface area (Å²) < 4.78 is 0. The van der Waals surface area contributed by atoms with Gasteiger partial charge in [-0.3, -0.25) is 4.79 Å². The van der Waals surface area contributed by atoms with E-state index >= 15 is 0 Å². The third-order valence-electron chi connectivity index (χ3n) is 2.83. The van der Waals surface area contributed by atoms with Gasteiger partial charge in [0, 0.05) is 6.54 Å². The number of aromatic nitrogens is 2. The van der Waals surface area contributed by atoms with Crippen LogP contribution in [0.15, 0.2) is 12.4 Å². The van der Waals surface area contributed by atoms with Crippen LogP contribution in [0.4, 0.5) is 5.82 Å². The molecular formula is C10H15N5O. The maximum absolute atomic E-state index is 11.6. The lowest BCUT2D eigenvalue weighted by Gasteiger charge is -2.04.